The van der Waals surface area contributed by atoms with E-state index in [-0.39, 0.29) is 59.0 Å². The maximum absolute atomic E-state index is 12.7. The summed E-state index contributed by atoms with van der Waals surface area (Å²) in [4.78, 5) is 82.9. The van der Waals surface area contributed by atoms with Crippen molar-refractivity contribution in [3.63, 3.8) is 0 Å². The molecule has 0 saturated heterocycles. The van der Waals surface area contributed by atoms with Crippen LogP contribution in [0.2, 0.25) is 0 Å². The van der Waals surface area contributed by atoms with E-state index in [4.69, 9.17) is 34.4 Å². The SMILES string of the molecule is CCCCCCCC(=O)NC(CCC[NH+]=C(N)N)C(=O)CCCCCCC.CCCCCCCCCCCC(=O)NC(CCC[NH+]=C(N)N)C(=O)CCC.CCCCCCCCCCCC(=O)NC(CCC[NH+]=C(N)N)C(=O)CCCCCCC. The van der Waals surface area contributed by atoms with E-state index in [2.05, 4.69) is 65.5 Å². The molecule has 85 heavy (non-hydrogen) atoms. The third-order valence-electron chi connectivity index (χ3n) is 15.2. The number of hydrogen-bond acceptors (Lipinski definition) is 6. The molecule has 0 aromatic rings. The van der Waals surface area contributed by atoms with Crippen LogP contribution in [0.5, 0.6) is 0 Å². The summed E-state index contributed by atoms with van der Waals surface area (Å²) in [5, 5.41) is 8.89. The van der Waals surface area contributed by atoms with Gasteiger partial charge < -0.3 is 16.0 Å². The number of hydrogen-bond donors (Lipinski definition) is 12. The molecule has 0 radical (unpaired) electrons. The van der Waals surface area contributed by atoms with Gasteiger partial charge in [-0.25, -0.2) is 0 Å². The predicted octanol–water partition coefficient (Wildman–Crippen LogP) is 7.25. The third kappa shape index (κ3) is 63.6. The summed E-state index contributed by atoms with van der Waals surface area (Å²) in [6, 6.07) is -1.17. The zero-order valence-electron chi connectivity index (χ0n) is 55.8. The summed E-state index contributed by atoms with van der Waals surface area (Å²) >= 11 is 0. The van der Waals surface area contributed by atoms with Crippen LogP contribution in [0.3, 0.4) is 0 Å². The topological polar surface area (TPSA) is 337 Å². The number of carbonyl (C=O) groups excluding carboxylic acids is 6. The van der Waals surface area contributed by atoms with E-state index >= 15 is 0 Å². The van der Waals surface area contributed by atoms with Crippen molar-refractivity contribution in [3.8, 4) is 0 Å². The summed E-state index contributed by atoms with van der Waals surface area (Å²) in [5.74, 6) is 0.961. The van der Waals surface area contributed by atoms with E-state index < -0.39 is 12.1 Å². The molecule has 0 aromatic carbocycles. The molecule has 18 nitrogen and oxygen atoms in total. The molecule has 3 unspecified atom stereocenters. The van der Waals surface area contributed by atoms with E-state index in [9.17, 15) is 28.8 Å². The molecule has 0 saturated carbocycles. The lowest BCUT2D eigenvalue weighted by Crippen LogP contribution is -2.78. The zero-order valence-corrected chi connectivity index (χ0v) is 55.8. The summed E-state index contributed by atoms with van der Waals surface area (Å²) in [7, 11) is 0. The minimum absolute atomic E-state index is 0.00476. The molecule has 3 amide bonds. The second kappa shape index (κ2) is 65.2. The molecule has 0 fully saturated rings. The van der Waals surface area contributed by atoms with Gasteiger partial charge in [0.1, 0.15) is 0 Å². The van der Waals surface area contributed by atoms with E-state index in [0.29, 0.717) is 77.4 Å². The Bertz CT molecular complexity index is 1700. The smallest absolute Gasteiger partial charge is 0.338 e. The van der Waals surface area contributed by atoms with Crippen molar-refractivity contribution in [3.05, 3.63) is 0 Å². The van der Waals surface area contributed by atoms with Gasteiger partial charge in [-0.3, -0.25) is 78.1 Å². The van der Waals surface area contributed by atoms with Crippen LogP contribution in [0, 0.1) is 0 Å². The number of rotatable bonds is 58. The van der Waals surface area contributed by atoms with E-state index in [1.807, 2.05) is 6.92 Å². The average molecular weight is 1210 g/mol. The molecule has 0 rings (SSSR count). The van der Waals surface area contributed by atoms with Gasteiger partial charge in [0, 0.05) is 38.5 Å². The van der Waals surface area contributed by atoms with Crippen LogP contribution in [0.15, 0.2) is 0 Å². The van der Waals surface area contributed by atoms with Gasteiger partial charge in [-0.2, -0.15) is 0 Å². The summed E-state index contributed by atoms with van der Waals surface area (Å²) in [6.45, 7) is 14.8. The number of amides is 3. The van der Waals surface area contributed by atoms with Crippen molar-refractivity contribution < 1.29 is 43.7 Å². The minimum atomic E-state index is -0.392. The Morgan fingerprint density at radius 3 is 0.671 bits per heavy atom. The Morgan fingerprint density at radius 2 is 0.459 bits per heavy atom. The molecule has 0 aliphatic carbocycles. The fourth-order valence-corrected chi connectivity index (χ4v) is 10.0. The fourth-order valence-electron chi connectivity index (χ4n) is 10.0. The molecule has 18 N–H and O–H groups in total. The monoisotopic (exact) mass is 1210 g/mol. The largest absolute Gasteiger partial charge is 0.346 e. The van der Waals surface area contributed by atoms with Crippen LogP contribution in [0.1, 0.15) is 337 Å². The van der Waals surface area contributed by atoms with Gasteiger partial charge in [-0.1, -0.05) is 221 Å². The number of nitrogens with one attached hydrogen (secondary N) is 6. The predicted molar refractivity (Wildman–Crippen MR) is 355 cm³/mol. The van der Waals surface area contributed by atoms with Gasteiger partial charge in [-0.15, -0.1) is 0 Å². The average Bonchev–Trinajstić information content (AvgIpc) is 3.52. The van der Waals surface area contributed by atoms with E-state index in [1.165, 1.54) is 148 Å². The normalized spacial score (nSPS) is 11.8. The molecule has 0 aromatic heterocycles. The lowest BCUT2D eigenvalue weighted by molar-refractivity contribution is -0.460. The van der Waals surface area contributed by atoms with Crippen molar-refractivity contribution in [1.29, 1.82) is 0 Å². The fraction of sp³-hybridized carbons (Fsp3) is 0.866. The molecule has 0 spiro atoms. The summed E-state index contributed by atoms with van der Waals surface area (Å²) in [6.07, 6.45) is 46.8. The molecule has 0 bridgehead atoms. The molecular formula is C67H137N12O6+3. The first-order valence-electron chi connectivity index (χ1n) is 34.8. The highest BCUT2D eigenvalue weighted by atomic mass is 16.2. The summed E-state index contributed by atoms with van der Waals surface area (Å²) < 4.78 is 0. The van der Waals surface area contributed by atoms with Crippen LogP contribution in [-0.4, -0.2) is 90.7 Å². The minimum Gasteiger partial charge on any atom is -0.346 e. The second-order valence-electron chi connectivity index (χ2n) is 23.7. The molecule has 0 aliphatic rings. The number of nitrogens with two attached hydrogens (primary N) is 6. The van der Waals surface area contributed by atoms with Crippen molar-refractivity contribution >= 4 is 52.9 Å². The van der Waals surface area contributed by atoms with Crippen LogP contribution in [0.4, 0.5) is 0 Å². The Kier molecular flexibility index (Phi) is 64.8. The first-order chi connectivity index (χ1) is 41.0. The van der Waals surface area contributed by atoms with Crippen molar-refractivity contribution in [1.82, 2.24) is 16.0 Å². The second-order valence-corrected chi connectivity index (χ2v) is 23.7. The zero-order chi connectivity index (χ0) is 63.8. The van der Waals surface area contributed by atoms with Gasteiger partial charge >= 0.3 is 17.9 Å². The van der Waals surface area contributed by atoms with Crippen LogP contribution in [-0.2, 0) is 28.8 Å². The van der Waals surface area contributed by atoms with Crippen LogP contribution in [0.25, 0.3) is 0 Å². The van der Waals surface area contributed by atoms with Gasteiger partial charge in [-0.05, 0) is 77.0 Å². The maximum Gasteiger partial charge on any atom is 0.338 e. The first kappa shape index (κ1) is 84.4. The molecule has 0 heterocycles. The number of Topliss-reactive ketones (excluding diaryl/α,β-unsaturated/α-hetero) is 3. The number of carbonyl (C=O) groups is 6. The maximum atomic E-state index is 12.7. The molecular weight excluding hydrogens is 1070 g/mol. The Morgan fingerprint density at radius 1 is 0.259 bits per heavy atom. The number of guanidine groups is 3. The van der Waals surface area contributed by atoms with Crippen molar-refractivity contribution in [2.75, 3.05) is 19.6 Å². The number of ketones is 3. The Balaban J connectivity index is -0.00000119. The van der Waals surface area contributed by atoms with Gasteiger partial charge in [0.15, 0.2) is 17.3 Å². The van der Waals surface area contributed by atoms with E-state index in [0.717, 1.165) is 89.9 Å². The van der Waals surface area contributed by atoms with Crippen molar-refractivity contribution in [2.45, 2.75) is 355 Å². The third-order valence-corrected chi connectivity index (χ3v) is 15.2. The van der Waals surface area contributed by atoms with Crippen molar-refractivity contribution in [2.24, 2.45) is 34.4 Å². The molecule has 3 atom stereocenters. The highest BCUT2D eigenvalue weighted by Crippen LogP contribution is 2.15. The van der Waals surface area contributed by atoms with Gasteiger partial charge in [0.05, 0.1) is 37.8 Å². The molecule has 18 heteroatoms. The summed E-state index contributed by atoms with van der Waals surface area (Å²) in [5.41, 5.74) is 32.4. The highest BCUT2D eigenvalue weighted by molar-refractivity contribution is 5.90. The Labute approximate surface area is 519 Å². The lowest BCUT2D eigenvalue weighted by Gasteiger charge is -2.17. The van der Waals surface area contributed by atoms with Crippen LogP contribution >= 0.6 is 0 Å². The standard InChI is InChI=1S/C25H50N4O2.2C21H42N4O2/c1-3-5-7-9-10-11-12-14-16-20-24(31)29-22(18-17-21-28-25(26)27)23(30)19-15-13-8-6-4-2;1-3-5-6-7-8-9-10-11-12-16-20(27)25-18(19(26)14-4-2)15-13-17-24-21(22)23;1-3-5-7-9-11-15-19(26)18(14-13-17-24-21(22)23)25-20(27)16-12-10-8-6-4-2/h22H,3-21H2,1-2H3,(H,29,31)(H4,26,27,28);2*18H,3-17H2,1-2H3,(H,25,27)(H4,22,23,24)/p+3. The quantitative estimate of drug-likeness (QED) is 0.0163. The van der Waals surface area contributed by atoms with Gasteiger partial charge in [0.2, 0.25) is 17.7 Å². The molecule has 0 aliphatic heterocycles. The molecule has 498 valence electrons. The van der Waals surface area contributed by atoms with Crippen LogP contribution < -0.4 is 65.3 Å². The highest BCUT2D eigenvalue weighted by Gasteiger charge is 2.22. The lowest BCUT2D eigenvalue weighted by atomic mass is 10.00. The number of unbranched alkanes of at least 4 members (excludes halogenated alkanes) is 28. The van der Waals surface area contributed by atoms with E-state index in [1.54, 1.807) is 0 Å². The van der Waals surface area contributed by atoms with Gasteiger partial charge in [0.25, 0.3) is 0 Å². The Hall–Kier alpha value is -4.77. The first-order valence-corrected chi connectivity index (χ1v) is 34.8.